The van der Waals surface area contributed by atoms with Crippen molar-refractivity contribution in [2.24, 2.45) is 5.73 Å². The van der Waals surface area contributed by atoms with E-state index in [0.717, 1.165) is 0 Å². The van der Waals surface area contributed by atoms with Crippen molar-refractivity contribution in [1.29, 1.82) is 5.41 Å². The molecule has 0 bridgehead atoms. The Balaban J connectivity index is 3.80. The number of carbonyl (C=O) groups excluding carboxylic acids is 1. The van der Waals surface area contributed by atoms with E-state index in [1.54, 1.807) is 0 Å². The number of nitrogens with zero attached hydrogens (tertiary/aromatic N) is 1. The van der Waals surface area contributed by atoms with Gasteiger partial charge >= 0.3 is 12.1 Å². The van der Waals surface area contributed by atoms with Gasteiger partial charge in [-0.1, -0.05) is 0 Å². The number of nitrogens with one attached hydrogen (secondary N) is 2. The van der Waals surface area contributed by atoms with Crippen molar-refractivity contribution in [3.8, 4) is 0 Å². The second-order valence-corrected chi connectivity index (χ2v) is 3.00. The van der Waals surface area contributed by atoms with Crippen LogP contribution in [0.1, 0.15) is 0 Å². The van der Waals surface area contributed by atoms with Crippen LogP contribution in [0.5, 0.6) is 0 Å². The zero-order chi connectivity index (χ0) is 12.1. The lowest BCUT2D eigenvalue weighted by molar-refractivity contribution is -0.180. The van der Waals surface area contributed by atoms with E-state index in [1.807, 2.05) is 0 Å². The Labute approximate surface area is 89.0 Å². The lowest BCUT2D eigenvalue weighted by atomic mass is 10.5. The molecule has 0 fully saturated rings. The van der Waals surface area contributed by atoms with Crippen molar-refractivity contribution in [3.05, 3.63) is 0 Å². The van der Waals surface area contributed by atoms with Crippen molar-refractivity contribution < 1.29 is 18.0 Å². The Morgan fingerprint density at radius 3 is 2.47 bits per heavy atom. The summed E-state index contributed by atoms with van der Waals surface area (Å²) >= 11 is 5.07. The van der Waals surface area contributed by atoms with Crippen LogP contribution < -0.4 is 11.1 Å². The highest BCUT2D eigenvalue weighted by Gasteiger charge is 2.42. The topological polar surface area (TPSA) is 82.2 Å². The van der Waals surface area contributed by atoms with Crippen LogP contribution >= 0.6 is 11.8 Å². The highest BCUT2D eigenvalue weighted by Crippen LogP contribution is 2.19. The molecular weight excluding hydrogens is 237 g/mol. The van der Waals surface area contributed by atoms with Crippen molar-refractivity contribution in [2.75, 3.05) is 19.6 Å². The van der Waals surface area contributed by atoms with Crippen LogP contribution in [0.2, 0.25) is 0 Å². The Morgan fingerprint density at radius 1 is 1.53 bits per heavy atom. The number of alkyl halides is 3. The average molecular weight is 247 g/mol. The molecule has 88 valence electrons. The molecular formula is C6H10ClF3N4O. The SMILES string of the molecule is N=C(N)CNCCN(Cl)C(=O)C(F)(F)F. The molecule has 0 aromatic rings. The van der Waals surface area contributed by atoms with Crippen molar-refractivity contribution >= 4 is 23.5 Å². The Kier molecular flexibility index (Phi) is 5.37. The van der Waals surface area contributed by atoms with Gasteiger partial charge in [0.15, 0.2) is 0 Å². The van der Waals surface area contributed by atoms with Crippen LogP contribution in [0.15, 0.2) is 0 Å². The summed E-state index contributed by atoms with van der Waals surface area (Å²) in [5.74, 6) is -2.27. The van der Waals surface area contributed by atoms with E-state index in [0.29, 0.717) is 0 Å². The first-order valence-electron chi connectivity index (χ1n) is 3.83. The van der Waals surface area contributed by atoms with Crippen LogP contribution in [0.4, 0.5) is 13.2 Å². The number of amidine groups is 1. The summed E-state index contributed by atoms with van der Waals surface area (Å²) in [7, 11) is 0. The molecule has 5 nitrogen and oxygen atoms in total. The summed E-state index contributed by atoms with van der Waals surface area (Å²) in [5.41, 5.74) is 4.97. The minimum absolute atomic E-state index is 0.0188. The predicted octanol–water partition coefficient (Wildman–Crippen LogP) is 0.0567. The van der Waals surface area contributed by atoms with E-state index in [-0.39, 0.29) is 29.9 Å². The largest absolute Gasteiger partial charge is 0.472 e. The predicted molar refractivity (Wildman–Crippen MR) is 48.4 cm³/mol. The third-order valence-corrected chi connectivity index (χ3v) is 1.59. The summed E-state index contributed by atoms with van der Waals surface area (Å²) in [6, 6.07) is 0. The molecule has 0 unspecified atom stereocenters. The van der Waals surface area contributed by atoms with E-state index >= 15 is 0 Å². The fourth-order valence-corrected chi connectivity index (χ4v) is 0.820. The Hall–Kier alpha value is -1.02. The van der Waals surface area contributed by atoms with Gasteiger partial charge in [-0.3, -0.25) is 10.2 Å². The van der Waals surface area contributed by atoms with Gasteiger partial charge in [-0.05, 0) is 0 Å². The van der Waals surface area contributed by atoms with Gasteiger partial charge in [0.1, 0.15) is 5.84 Å². The number of hydrogen-bond donors (Lipinski definition) is 3. The third kappa shape index (κ3) is 6.13. The highest BCUT2D eigenvalue weighted by molar-refractivity contribution is 6.22. The minimum Gasteiger partial charge on any atom is -0.387 e. The normalized spacial score (nSPS) is 11.2. The van der Waals surface area contributed by atoms with E-state index in [1.165, 1.54) is 0 Å². The molecule has 0 spiro atoms. The lowest BCUT2D eigenvalue weighted by Crippen LogP contribution is -2.40. The van der Waals surface area contributed by atoms with E-state index < -0.39 is 12.1 Å². The van der Waals surface area contributed by atoms with Gasteiger partial charge in [-0.15, -0.1) is 0 Å². The maximum absolute atomic E-state index is 11.8. The average Bonchev–Trinajstić information content (AvgIpc) is 2.09. The molecule has 0 aromatic heterocycles. The molecule has 0 aromatic carbocycles. The number of rotatable bonds is 5. The molecule has 4 N–H and O–H groups in total. The second kappa shape index (κ2) is 5.76. The van der Waals surface area contributed by atoms with Gasteiger partial charge in [-0.25, -0.2) is 4.42 Å². The van der Waals surface area contributed by atoms with Crippen LogP contribution in [0.3, 0.4) is 0 Å². The van der Waals surface area contributed by atoms with E-state index in [4.69, 9.17) is 22.9 Å². The zero-order valence-electron chi connectivity index (χ0n) is 7.57. The van der Waals surface area contributed by atoms with Crippen LogP contribution in [0, 0.1) is 5.41 Å². The maximum atomic E-state index is 11.8. The van der Waals surface area contributed by atoms with E-state index in [9.17, 15) is 18.0 Å². The fraction of sp³-hybridized carbons (Fsp3) is 0.667. The number of hydrogen-bond acceptors (Lipinski definition) is 3. The van der Waals surface area contributed by atoms with Gasteiger partial charge < -0.3 is 11.1 Å². The fourth-order valence-electron chi connectivity index (χ4n) is 0.639. The second-order valence-electron chi connectivity index (χ2n) is 2.59. The molecule has 0 heterocycles. The van der Waals surface area contributed by atoms with Crippen LogP contribution in [-0.4, -0.2) is 42.0 Å². The number of halogens is 4. The van der Waals surface area contributed by atoms with Gasteiger partial charge in [-0.2, -0.15) is 13.2 Å². The summed E-state index contributed by atoms with van der Waals surface area (Å²) in [5, 5.41) is 9.31. The summed E-state index contributed by atoms with van der Waals surface area (Å²) in [6.07, 6.45) is -4.97. The van der Waals surface area contributed by atoms with Crippen molar-refractivity contribution in [2.45, 2.75) is 6.18 Å². The molecule has 0 saturated carbocycles. The quantitative estimate of drug-likeness (QED) is 0.278. The first-order chi connectivity index (χ1) is 6.75. The van der Waals surface area contributed by atoms with Gasteiger partial charge in [0.2, 0.25) is 0 Å². The molecule has 0 aliphatic rings. The first-order valence-corrected chi connectivity index (χ1v) is 4.17. The maximum Gasteiger partial charge on any atom is 0.472 e. The van der Waals surface area contributed by atoms with Crippen molar-refractivity contribution in [3.63, 3.8) is 0 Å². The summed E-state index contributed by atoms with van der Waals surface area (Å²) < 4.78 is 35.4. The molecule has 0 aliphatic heterocycles. The molecule has 0 saturated heterocycles. The minimum atomic E-state index is -4.97. The number of nitrogens with two attached hydrogens (primary N) is 1. The van der Waals surface area contributed by atoms with Crippen molar-refractivity contribution in [1.82, 2.24) is 9.74 Å². The highest BCUT2D eigenvalue weighted by atomic mass is 35.5. The molecule has 0 atom stereocenters. The van der Waals surface area contributed by atoms with Gasteiger partial charge in [0, 0.05) is 18.3 Å². The summed E-state index contributed by atoms with van der Waals surface area (Å²) in [6.45, 7) is -0.275. The number of amides is 1. The first kappa shape index (κ1) is 14.0. The lowest BCUT2D eigenvalue weighted by Gasteiger charge is -2.15. The Morgan fingerprint density at radius 2 is 2.07 bits per heavy atom. The standard InChI is InChI=1S/C6H10ClF3N4O/c7-14(5(15)6(8,9)10)2-1-13-3-4(11)12/h13H,1-3H2,(H3,11,12). The number of carbonyl (C=O) groups is 1. The molecule has 0 aliphatic carbocycles. The molecule has 0 rings (SSSR count). The Bertz CT molecular complexity index is 245. The molecule has 9 heteroatoms. The van der Waals surface area contributed by atoms with Crippen LogP contribution in [-0.2, 0) is 4.79 Å². The van der Waals surface area contributed by atoms with E-state index in [2.05, 4.69) is 5.32 Å². The van der Waals surface area contributed by atoms with Crippen LogP contribution in [0.25, 0.3) is 0 Å². The summed E-state index contributed by atoms with van der Waals surface area (Å²) in [4.78, 5) is 10.5. The third-order valence-electron chi connectivity index (χ3n) is 1.26. The van der Waals surface area contributed by atoms with Gasteiger partial charge in [0.25, 0.3) is 0 Å². The molecule has 0 radical (unpaired) electrons. The zero-order valence-corrected chi connectivity index (χ0v) is 8.32. The molecule has 1 amide bonds. The smallest absolute Gasteiger partial charge is 0.387 e. The molecule has 15 heavy (non-hydrogen) atoms. The monoisotopic (exact) mass is 246 g/mol. The van der Waals surface area contributed by atoms with Gasteiger partial charge in [0.05, 0.1) is 13.1 Å².